The van der Waals surface area contributed by atoms with Gasteiger partial charge in [0.1, 0.15) is 5.75 Å². The van der Waals surface area contributed by atoms with Crippen LogP contribution in [0.1, 0.15) is 13.3 Å². The zero-order valence-electron chi connectivity index (χ0n) is 14.9. The molecule has 1 atom stereocenters. The molecule has 0 aliphatic heterocycles. The number of carbonyl (C=O) groups excluding carboxylic acids is 1. The molecule has 8 heteroatoms. The highest BCUT2D eigenvalue weighted by Gasteiger charge is 2.18. The van der Waals surface area contributed by atoms with E-state index in [9.17, 15) is 13.2 Å². The molecule has 24 heavy (non-hydrogen) atoms. The molecule has 0 bridgehead atoms. The largest absolute Gasteiger partial charge is 0.481 e. The van der Waals surface area contributed by atoms with Gasteiger partial charge in [0.2, 0.25) is 10.0 Å². The molecule has 136 valence electrons. The summed E-state index contributed by atoms with van der Waals surface area (Å²) in [6, 6.07) is 6.61. The molecule has 1 amide bonds. The van der Waals surface area contributed by atoms with Gasteiger partial charge in [-0.15, -0.1) is 0 Å². The van der Waals surface area contributed by atoms with Crippen LogP contribution in [0.3, 0.4) is 0 Å². The Morgan fingerprint density at radius 3 is 2.25 bits per heavy atom. The van der Waals surface area contributed by atoms with Crippen molar-refractivity contribution in [2.45, 2.75) is 19.4 Å². The number of anilines is 1. The molecule has 0 aliphatic carbocycles. The SMILES string of the molecule is CCC(Oc1ccc(N(C)S(C)(=O)=O)cc1)C(=O)NCCN(C)C. The quantitative estimate of drug-likeness (QED) is 0.711. The highest BCUT2D eigenvalue weighted by molar-refractivity contribution is 7.92. The third kappa shape index (κ3) is 6.37. The number of hydrogen-bond acceptors (Lipinski definition) is 5. The lowest BCUT2D eigenvalue weighted by atomic mass is 10.2. The molecule has 0 radical (unpaired) electrons. The Kier molecular flexibility index (Phi) is 7.50. The van der Waals surface area contributed by atoms with Gasteiger partial charge in [0, 0.05) is 20.1 Å². The zero-order valence-corrected chi connectivity index (χ0v) is 15.8. The summed E-state index contributed by atoms with van der Waals surface area (Å²) in [7, 11) is 2.06. The molecule has 1 unspecified atom stereocenters. The van der Waals surface area contributed by atoms with Gasteiger partial charge in [-0.2, -0.15) is 0 Å². The minimum atomic E-state index is -3.30. The van der Waals surface area contributed by atoms with E-state index in [2.05, 4.69) is 5.32 Å². The number of rotatable bonds is 9. The number of carbonyl (C=O) groups is 1. The van der Waals surface area contributed by atoms with Crippen LogP contribution in [0.25, 0.3) is 0 Å². The molecule has 0 fully saturated rings. The molecule has 0 heterocycles. The van der Waals surface area contributed by atoms with Crippen LogP contribution in [0.15, 0.2) is 24.3 Å². The van der Waals surface area contributed by atoms with Crippen LogP contribution >= 0.6 is 0 Å². The summed E-state index contributed by atoms with van der Waals surface area (Å²) in [6.45, 7) is 3.19. The topological polar surface area (TPSA) is 78.9 Å². The van der Waals surface area contributed by atoms with E-state index >= 15 is 0 Å². The molecule has 0 aromatic heterocycles. The van der Waals surface area contributed by atoms with E-state index in [1.165, 1.54) is 11.4 Å². The number of benzene rings is 1. The molecular formula is C16H27N3O4S. The number of likely N-dealkylation sites (N-methyl/N-ethyl adjacent to an activating group) is 1. The van der Waals surface area contributed by atoms with Crippen LogP contribution in [0.5, 0.6) is 5.75 Å². The third-order valence-corrected chi connectivity index (χ3v) is 4.70. The molecule has 7 nitrogen and oxygen atoms in total. The Hall–Kier alpha value is -1.80. The zero-order chi connectivity index (χ0) is 18.3. The first-order chi connectivity index (χ1) is 11.1. The second-order valence-corrected chi connectivity index (χ2v) is 7.85. The summed E-state index contributed by atoms with van der Waals surface area (Å²) in [5.74, 6) is 0.368. The Balaban J connectivity index is 2.68. The van der Waals surface area contributed by atoms with Crippen LogP contribution in [0.2, 0.25) is 0 Å². The van der Waals surface area contributed by atoms with Crippen molar-refractivity contribution in [1.29, 1.82) is 0 Å². The van der Waals surface area contributed by atoms with Gasteiger partial charge < -0.3 is 15.0 Å². The van der Waals surface area contributed by atoms with Crippen molar-refractivity contribution in [2.75, 3.05) is 44.8 Å². The van der Waals surface area contributed by atoms with Gasteiger partial charge in [-0.3, -0.25) is 9.10 Å². The Morgan fingerprint density at radius 1 is 1.21 bits per heavy atom. The lowest BCUT2D eigenvalue weighted by Gasteiger charge is -2.20. The highest BCUT2D eigenvalue weighted by Crippen LogP contribution is 2.21. The first-order valence-corrected chi connectivity index (χ1v) is 9.63. The van der Waals surface area contributed by atoms with Gasteiger partial charge in [-0.05, 0) is 44.8 Å². The number of nitrogens with one attached hydrogen (secondary N) is 1. The lowest BCUT2D eigenvalue weighted by Crippen LogP contribution is -2.40. The molecule has 1 aromatic carbocycles. The second kappa shape index (κ2) is 8.89. The van der Waals surface area contributed by atoms with Crippen molar-refractivity contribution in [3.8, 4) is 5.75 Å². The van der Waals surface area contributed by atoms with Crippen molar-refractivity contribution in [3.63, 3.8) is 0 Å². The maximum absolute atomic E-state index is 12.1. The summed E-state index contributed by atoms with van der Waals surface area (Å²) < 4.78 is 29.9. The first-order valence-electron chi connectivity index (χ1n) is 7.78. The van der Waals surface area contributed by atoms with Crippen LogP contribution in [-0.4, -0.2) is 65.8 Å². The van der Waals surface area contributed by atoms with Gasteiger partial charge in [0.25, 0.3) is 5.91 Å². The van der Waals surface area contributed by atoms with Crippen LogP contribution in [0.4, 0.5) is 5.69 Å². The van der Waals surface area contributed by atoms with Crippen LogP contribution in [0, 0.1) is 0 Å². The van der Waals surface area contributed by atoms with Crippen LogP contribution in [-0.2, 0) is 14.8 Å². The van der Waals surface area contributed by atoms with Crippen molar-refractivity contribution in [3.05, 3.63) is 24.3 Å². The smallest absolute Gasteiger partial charge is 0.261 e. The van der Waals surface area contributed by atoms with Crippen LogP contribution < -0.4 is 14.4 Å². The predicted molar refractivity (Wildman–Crippen MR) is 96.0 cm³/mol. The van der Waals surface area contributed by atoms with E-state index in [1.54, 1.807) is 24.3 Å². The molecular weight excluding hydrogens is 330 g/mol. The Morgan fingerprint density at radius 2 is 1.79 bits per heavy atom. The monoisotopic (exact) mass is 357 g/mol. The fourth-order valence-corrected chi connectivity index (χ4v) is 2.43. The standard InChI is InChI=1S/C16H27N3O4S/c1-6-15(16(20)17-11-12-18(2)3)23-14-9-7-13(8-10-14)19(4)24(5,21)22/h7-10,15H,6,11-12H2,1-5H3,(H,17,20). The van der Waals surface area contributed by atoms with E-state index in [0.717, 1.165) is 12.8 Å². The van der Waals surface area contributed by atoms with Gasteiger partial charge in [0.05, 0.1) is 11.9 Å². The second-order valence-electron chi connectivity index (χ2n) is 5.83. The summed E-state index contributed by atoms with van der Waals surface area (Å²) in [5.41, 5.74) is 0.535. The van der Waals surface area contributed by atoms with Crippen molar-refractivity contribution >= 4 is 21.6 Å². The number of nitrogens with zero attached hydrogens (tertiary/aromatic N) is 2. The van der Waals surface area contributed by atoms with E-state index in [-0.39, 0.29) is 5.91 Å². The maximum atomic E-state index is 12.1. The lowest BCUT2D eigenvalue weighted by molar-refractivity contribution is -0.128. The molecule has 1 N–H and O–H groups in total. The van der Waals surface area contributed by atoms with Gasteiger partial charge in [-0.25, -0.2) is 8.42 Å². The Labute approximate surface area is 144 Å². The predicted octanol–water partition coefficient (Wildman–Crippen LogP) is 0.918. The summed E-state index contributed by atoms with van der Waals surface area (Å²) in [6.07, 6.45) is 1.10. The molecule has 1 rings (SSSR count). The van der Waals surface area contributed by atoms with Crippen molar-refractivity contribution in [1.82, 2.24) is 10.2 Å². The molecule has 1 aromatic rings. The maximum Gasteiger partial charge on any atom is 0.261 e. The number of sulfonamides is 1. The average Bonchev–Trinajstić information content (AvgIpc) is 2.51. The fourth-order valence-electron chi connectivity index (χ4n) is 1.93. The molecule has 0 saturated carbocycles. The highest BCUT2D eigenvalue weighted by atomic mass is 32.2. The van der Waals surface area contributed by atoms with E-state index in [0.29, 0.717) is 24.4 Å². The minimum Gasteiger partial charge on any atom is -0.481 e. The van der Waals surface area contributed by atoms with E-state index in [1.807, 2.05) is 25.9 Å². The number of ether oxygens (including phenoxy) is 1. The van der Waals surface area contributed by atoms with E-state index < -0.39 is 16.1 Å². The third-order valence-electron chi connectivity index (χ3n) is 3.50. The van der Waals surface area contributed by atoms with Gasteiger partial charge in [0.15, 0.2) is 6.10 Å². The number of amides is 1. The normalized spacial score (nSPS) is 12.8. The fraction of sp³-hybridized carbons (Fsp3) is 0.562. The van der Waals surface area contributed by atoms with Crippen molar-refractivity contribution in [2.24, 2.45) is 0 Å². The molecule has 0 saturated heterocycles. The summed E-state index contributed by atoms with van der Waals surface area (Å²) >= 11 is 0. The molecule has 0 spiro atoms. The summed E-state index contributed by atoms with van der Waals surface area (Å²) in [5, 5.41) is 2.84. The molecule has 0 aliphatic rings. The average molecular weight is 357 g/mol. The van der Waals surface area contributed by atoms with Gasteiger partial charge in [-0.1, -0.05) is 6.92 Å². The van der Waals surface area contributed by atoms with Gasteiger partial charge >= 0.3 is 0 Å². The number of hydrogen-bond donors (Lipinski definition) is 1. The van der Waals surface area contributed by atoms with Crippen molar-refractivity contribution < 1.29 is 17.9 Å². The first kappa shape index (κ1) is 20.2. The summed E-state index contributed by atoms with van der Waals surface area (Å²) in [4.78, 5) is 14.1. The minimum absolute atomic E-state index is 0.156. The van der Waals surface area contributed by atoms with E-state index in [4.69, 9.17) is 4.74 Å². The Bertz CT molecular complexity index is 629.